The lowest BCUT2D eigenvalue weighted by atomic mass is 9.99. The molecule has 1 amide bonds. The Morgan fingerprint density at radius 2 is 1.87 bits per heavy atom. The highest BCUT2D eigenvalue weighted by Gasteiger charge is 2.35. The normalized spacial score (nSPS) is 14.3. The first-order chi connectivity index (χ1) is 14.3. The van der Waals surface area contributed by atoms with Crippen molar-refractivity contribution in [1.29, 1.82) is 0 Å². The molecular weight excluding hydrogens is 470 g/mol. The van der Waals surface area contributed by atoms with Crippen LogP contribution in [-0.4, -0.2) is 22.1 Å². The molecule has 0 saturated heterocycles. The van der Waals surface area contributed by atoms with Crippen molar-refractivity contribution in [1.82, 2.24) is 0 Å². The van der Waals surface area contributed by atoms with Crippen molar-refractivity contribution in [2.75, 3.05) is 4.90 Å². The van der Waals surface area contributed by atoms with Crippen LogP contribution in [0.3, 0.4) is 0 Å². The molecule has 0 aromatic heterocycles. The summed E-state index contributed by atoms with van der Waals surface area (Å²) in [6, 6.07) is 15.0. The van der Waals surface area contributed by atoms with Crippen LogP contribution >= 0.6 is 27.5 Å². The van der Waals surface area contributed by atoms with Crippen LogP contribution in [0.2, 0.25) is 5.02 Å². The molecule has 1 heterocycles. The van der Waals surface area contributed by atoms with E-state index >= 15 is 0 Å². The largest absolute Gasteiger partial charge is 0.507 e. The first kappa shape index (κ1) is 20.2. The molecule has 3 aromatic rings. The monoisotopic (exact) mass is 483 g/mol. The average Bonchev–Trinajstić information content (AvgIpc) is 2.97. The maximum Gasteiger partial charge on any atom is 0.339 e. The van der Waals surface area contributed by atoms with Crippen molar-refractivity contribution in [3.8, 4) is 5.75 Å². The van der Waals surface area contributed by atoms with Gasteiger partial charge in [-0.3, -0.25) is 9.69 Å². The van der Waals surface area contributed by atoms with Crippen LogP contribution in [0.1, 0.15) is 27.0 Å². The maximum atomic E-state index is 13.5. The number of carboxylic acids is 1. The fourth-order valence-corrected chi connectivity index (χ4v) is 4.37. The van der Waals surface area contributed by atoms with Crippen LogP contribution in [0.15, 0.2) is 59.1 Å². The van der Waals surface area contributed by atoms with E-state index in [0.717, 1.165) is 15.6 Å². The molecule has 0 saturated carbocycles. The van der Waals surface area contributed by atoms with Gasteiger partial charge in [0.05, 0.1) is 16.9 Å². The van der Waals surface area contributed by atoms with Crippen LogP contribution in [-0.2, 0) is 4.79 Å². The van der Waals surface area contributed by atoms with Gasteiger partial charge in [0, 0.05) is 26.7 Å². The Morgan fingerprint density at radius 3 is 2.53 bits per heavy atom. The second-order valence-electron chi connectivity index (χ2n) is 6.81. The molecule has 30 heavy (non-hydrogen) atoms. The molecule has 2 N–H and O–H groups in total. The quantitative estimate of drug-likeness (QED) is 0.445. The third-order valence-electron chi connectivity index (χ3n) is 4.95. The zero-order valence-electron chi connectivity index (χ0n) is 15.7. The van der Waals surface area contributed by atoms with Gasteiger partial charge in [0.2, 0.25) is 0 Å². The van der Waals surface area contributed by atoms with E-state index in [4.69, 9.17) is 16.7 Å². The molecule has 3 aromatic carbocycles. The van der Waals surface area contributed by atoms with Crippen molar-refractivity contribution < 1.29 is 19.8 Å². The molecule has 0 radical (unpaired) electrons. The van der Waals surface area contributed by atoms with Gasteiger partial charge in [-0.15, -0.1) is 0 Å². The lowest BCUT2D eigenvalue weighted by Gasteiger charge is -2.18. The second kappa shape index (κ2) is 7.63. The Kier molecular flexibility index (Phi) is 5.13. The summed E-state index contributed by atoms with van der Waals surface area (Å²) in [5.74, 6) is -1.95. The Morgan fingerprint density at radius 1 is 1.13 bits per heavy atom. The average molecular weight is 485 g/mol. The highest BCUT2D eigenvalue weighted by molar-refractivity contribution is 9.10. The van der Waals surface area contributed by atoms with Gasteiger partial charge in [0.1, 0.15) is 11.3 Å². The van der Waals surface area contributed by atoms with Gasteiger partial charge in [0.25, 0.3) is 5.91 Å². The van der Waals surface area contributed by atoms with Crippen LogP contribution in [0.5, 0.6) is 5.75 Å². The lowest BCUT2D eigenvalue weighted by molar-refractivity contribution is -0.112. The maximum absolute atomic E-state index is 13.5. The summed E-state index contributed by atoms with van der Waals surface area (Å²) in [6.07, 6.45) is 1.74. The molecule has 150 valence electrons. The number of carbonyl (C=O) groups excluding carboxylic acids is 1. The minimum absolute atomic E-state index is 0.231. The number of halogens is 2. The number of amides is 1. The number of aromatic carboxylic acids is 1. The number of aromatic hydroxyl groups is 1. The van der Waals surface area contributed by atoms with Gasteiger partial charge in [-0.2, -0.15) is 0 Å². The molecule has 0 unspecified atom stereocenters. The summed E-state index contributed by atoms with van der Waals surface area (Å²) < 4.78 is 0.757. The van der Waals surface area contributed by atoms with Gasteiger partial charge in [-0.1, -0.05) is 45.7 Å². The predicted octanol–water partition coefficient (Wildman–Crippen LogP) is 6.03. The molecule has 0 fully saturated rings. The number of phenols is 1. The van der Waals surface area contributed by atoms with Crippen LogP contribution in [0.25, 0.3) is 11.6 Å². The van der Waals surface area contributed by atoms with Gasteiger partial charge >= 0.3 is 5.97 Å². The molecule has 0 bridgehead atoms. The number of benzene rings is 3. The first-order valence-electron chi connectivity index (χ1n) is 8.96. The van der Waals surface area contributed by atoms with Gasteiger partial charge in [-0.05, 0) is 48.9 Å². The summed E-state index contributed by atoms with van der Waals surface area (Å²) in [4.78, 5) is 26.2. The summed E-state index contributed by atoms with van der Waals surface area (Å²) >= 11 is 9.84. The van der Waals surface area contributed by atoms with Crippen molar-refractivity contribution in [2.45, 2.75) is 6.92 Å². The predicted molar refractivity (Wildman–Crippen MR) is 120 cm³/mol. The smallest absolute Gasteiger partial charge is 0.339 e. The lowest BCUT2D eigenvalue weighted by Crippen LogP contribution is -2.20. The number of anilines is 2. The van der Waals surface area contributed by atoms with E-state index in [2.05, 4.69) is 15.9 Å². The number of hydrogen-bond donors (Lipinski definition) is 2. The molecular formula is C23H15BrClNO4. The number of aryl methyl sites for hydroxylation is 1. The molecule has 4 rings (SSSR count). The highest BCUT2D eigenvalue weighted by Crippen LogP contribution is 2.45. The van der Waals surface area contributed by atoms with Gasteiger partial charge < -0.3 is 10.2 Å². The number of carbonyl (C=O) groups is 2. The first-order valence-corrected chi connectivity index (χ1v) is 10.1. The Labute approximate surface area is 186 Å². The molecule has 1 aliphatic rings. The van der Waals surface area contributed by atoms with Crippen molar-refractivity contribution in [3.63, 3.8) is 0 Å². The molecule has 5 nitrogen and oxygen atoms in total. The van der Waals surface area contributed by atoms with E-state index in [1.165, 1.54) is 23.1 Å². The SMILES string of the molecule is Cc1cccc2c1C(=Cc1c(Cl)cccc1Br)C(=O)N2c1ccc(C(=O)O)c(O)c1. The van der Waals surface area contributed by atoms with Crippen LogP contribution in [0.4, 0.5) is 11.4 Å². The third kappa shape index (κ3) is 3.28. The Hall–Kier alpha value is -3.09. The second-order valence-corrected chi connectivity index (χ2v) is 8.07. The topological polar surface area (TPSA) is 77.8 Å². The number of fused-ring (bicyclic) bond motifs is 1. The zero-order valence-corrected chi connectivity index (χ0v) is 18.0. The summed E-state index contributed by atoms with van der Waals surface area (Å²) in [7, 11) is 0. The minimum atomic E-state index is -1.24. The van der Waals surface area contributed by atoms with Crippen LogP contribution < -0.4 is 4.90 Å². The van der Waals surface area contributed by atoms with Crippen molar-refractivity contribution in [3.05, 3.63) is 86.3 Å². The number of nitrogens with zero attached hydrogens (tertiary/aromatic N) is 1. The Bertz CT molecular complexity index is 1230. The standard InChI is InChI=1S/C23H15BrClNO4/c1-12-4-2-7-19-21(12)16(11-15-17(24)5-3-6-18(15)25)22(28)26(19)13-8-9-14(23(29)30)20(27)10-13/h2-11,27H,1H3,(H,29,30). The zero-order chi connectivity index (χ0) is 21.6. The van der Waals surface area contributed by atoms with Crippen molar-refractivity contribution in [2.24, 2.45) is 0 Å². The molecule has 1 aliphatic heterocycles. The highest BCUT2D eigenvalue weighted by atomic mass is 79.9. The van der Waals surface area contributed by atoms with E-state index in [0.29, 0.717) is 27.5 Å². The molecule has 0 spiro atoms. The fraction of sp³-hybridized carbons (Fsp3) is 0.0435. The van der Waals surface area contributed by atoms with Crippen LogP contribution in [0, 0.1) is 6.92 Å². The number of carboxylic acid groups (broad SMARTS) is 1. The van der Waals surface area contributed by atoms with Gasteiger partial charge in [-0.25, -0.2) is 4.79 Å². The van der Waals surface area contributed by atoms with E-state index in [-0.39, 0.29) is 11.5 Å². The Balaban J connectivity index is 1.92. The minimum Gasteiger partial charge on any atom is -0.507 e. The number of hydrogen-bond acceptors (Lipinski definition) is 3. The summed E-state index contributed by atoms with van der Waals surface area (Å²) in [5, 5.41) is 19.8. The van der Waals surface area contributed by atoms with E-state index < -0.39 is 11.7 Å². The van der Waals surface area contributed by atoms with Gasteiger partial charge in [0.15, 0.2) is 0 Å². The van der Waals surface area contributed by atoms with Crippen molar-refractivity contribution >= 4 is 62.4 Å². The molecule has 7 heteroatoms. The summed E-state index contributed by atoms with van der Waals surface area (Å²) in [5.41, 5.74) is 3.60. The summed E-state index contributed by atoms with van der Waals surface area (Å²) in [6.45, 7) is 1.91. The molecule has 0 atom stereocenters. The molecule has 0 aliphatic carbocycles. The van der Waals surface area contributed by atoms with E-state index in [1.807, 2.05) is 37.3 Å². The van der Waals surface area contributed by atoms with E-state index in [9.17, 15) is 14.7 Å². The fourth-order valence-electron chi connectivity index (χ4n) is 3.55. The number of rotatable bonds is 3. The third-order valence-corrected chi connectivity index (χ3v) is 5.97. The van der Waals surface area contributed by atoms with E-state index in [1.54, 1.807) is 12.1 Å².